The van der Waals surface area contributed by atoms with E-state index in [1.807, 2.05) is 0 Å². The highest BCUT2D eigenvalue weighted by Crippen LogP contribution is 2.27. The van der Waals surface area contributed by atoms with Crippen molar-refractivity contribution in [1.29, 1.82) is 0 Å². The Hall–Kier alpha value is -0.680. The molecule has 1 saturated heterocycles. The number of thiocarbonyl (C=S) groups is 1. The van der Waals surface area contributed by atoms with Gasteiger partial charge in [0.2, 0.25) is 5.91 Å². The summed E-state index contributed by atoms with van der Waals surface area (Å²) in [5.74, 6) is 0.359. The monoisotopic (exact) mass is 270 g/mol. The molecule has 1 saturated carbocycles. The van der Waals surface area contributed by atoms with Crippen molar-refractivity contribution in [1.82, 2.24) is 5.32 Å². The van der Waals surface area contributed by atoms with Crippen molar-refractivity contribution in [2.45, 2.75) is 57.1 Å². The molecule has 2 unspecified atom stereocenters. The molecule has 1 aliphatic carbocycles. The molecule has 102 valence electrons. The molecule has 1 amide bonds. The standard InChI is InChI=1S/C13H22N2O2S/c14-12(18)11(9-5-2-1-3-6-9)15-13(16)10-7-4-8-17-10/h9-11H,1-8H2,(H2,14,18)(H,15,16). The van der Waals surface area contributed by atoms with E-state index in [4.69, 9.17) is 22.7 Å². The Morgan fingerprint density at radius 2 is 1.94 bits per heavy atom. The van der Waals surface area contributed by atoms with Crippen molar-refractivity contribution < 1.29 is 9.53 Å². The molecule has 4 nitrogen and oxygen atoms in total. The molecular formula is C13H22N2O2S. The lowest BCUT2D eigenvalue weighted by Gasteiger charge is -2.30. The van der Waals surface area contributed by atoms with Gasteiger partial charge in [-0.15, -0.1) is 0 Å². The minimum atomic E-state index is -0.301. The fraction of sp³-hybridized carbons (Fsp3) is 0.846. The average Bonchev–Trinajstić information content (AvgIpc) is 2.90. The Morgan fingerprint density at radius 3 is 2.50 bits per heavy atom. The highest BCUT2D eigenvalue weighted by atomic mass is 32.1. The molecule has 3 N–H and O–H groups in total. The van der Waals surface area contributed by atoms with Gasteiger partial charge in [-0.25, -0.2) is 0 Å². The van der Waals surface area contributed by atoms with Gasteiger partial charge in [0.15, 0.2) is 0 Å². The molecule has 0 aromatic rings. The lowest BCUT2D eigenvalue weighted by molar-refractivity contribution is -0.130. The van der Waals surface area contributed by atoms with Crippen LogP contribution in [-0.4, -0.2) is 29.6 Å². The van der Waals surface area contributed by atoms with E-state index in [-0.39, 0.29) is 18.1 Å². The van der Waals surface area contributed by atoms with Crippen LogP contribution in [-0.2, 0) is 9.53 Å². The van der Waals surface area contributed by atoms with Crippen LogP contribution in [0.4, 0.5) is 0 Å². The minimum Gasteiger partial charge on any atom is -0.392 e. The summed E-state index contributed by atoms with van der Waals surface area (Å²) in [6.45, 7) is 0.680. The lowest BCUT2D eigenvalue weighted by Crippen LogP contribution is -2.51. The molecule has 2 atom stereocenters. The minimum absolute atomic E-state index is 0.0455. The maximum atomic E-state index is 12.1. The van der Waals surface area contributed by atoms with Crippen molar-refractivity contribution in [3.8, 4) is 0 Å². The molecule has 0 aromatic carbocycles. The largest absolute Gasteiger partial charge is 0.392 e. The fourth-order valence-electron chi connectivity index (χ4n) is 2.92. The lowest BCUT2D eigenvalue weighted by atomic mass is 9.83. The van der Waals surface area contributed by atoms with Crippen molar-refractivity contribution in [2.24, 2.45) is 11.7 Å². The summed E-state index contributed by atoms with van der Waals surface area (Å²) in [5, 5.41) is 3.00. The smallest absolute Gasteiger partial charge is 0.249 e. The van der Waals surface area contributed by atoms with Gasteiger partial charge in [-0.05, 0) is 31.6 Å². The molecule has 2 rings (SSSR count). The van der Waals surface area contributed by atoms with Crippen molar-refractivity contribution >= 4 is 23.1 Å². The normalized spacial score (nSPS) is 26.8. The zero-order chi connectivity index (χ0) is 13.0. The van der Waals surface area contributed by atoms with Crippen LogP contribution in [0.3, 0.4) is 0 Å². The van der Waals surface area contributed by atoms with E-state index in [0.717, 1.165) is 25.7 Å². The Balaban J connectivity index is 1.92. The molecule has 0 radical (unpaired) electrons. The molecule has 2 fully saturated rings. The first-order valence-corrected chi connectivity index (χ1v) is 7.30. The van der Waals surface area contributed by atoms with E-state index in [2.05, 4.69) is 5.32 Å². The molecule has 5 heteroatoms. The first kappa shape index (κ1) is 13.7. The molecule has 1 aliphatic heterocycles. The number of nitrogens with one attached hydrogen (secondary N) is 1. The van der Waals surface area contributed by atoms with Crippen LogP contribution in [0.25, 0.3) is 0 Å². The second kappa shape index (κ2) is 6.48. The zero-order valence-corrected chi connectivity index (χ0v) is 11.5. The number of ether oxygens (including phenoxy) is 1. The Kier molecular flexibility index (Phi) is 4.95. The Labute approximate surface area is 114 Å². The first-order valence-electron chi connectivity index (χ1n) is 6.90. The third kappa shape index (κ3) is 3.42. The highest BCUT2D eigenvalue weighted by Gasteiger charge is 2.31. The number of carbonyl (C=O) groups is 1. The molecular weight excluding hydrogens is 248 g/mol. The SMILES string of the molecule is NC(=S)C(NC(=O)C1CCCO1)C1CCCCC1. The summed E-state index contributed by atoms with van der Waals surface area (Å²) in [6.07, 6.45) is 7.37. The molecule has 18 heavy (non-hydrogen) atoms. The number of hydrogen-bond acceptors (Lipinski definition) is 3. The van der Waals surface area contributed by atoms with E-state index in [0.29, 0.717) is 17.5 Å². The van der Waals surface area contributed by atoms with Crippen LogP contribution in [0.2, 0.25) is 0 Å². The average molecular weight is 270 g/mol. The molecule has 0 bridgehead atoms. The Morgan fingerprint density at radius 1 is 1.22 bits per heavy atom. The van der Waals surface area contributed by atoms with Crippen LogP contribution >= 0.6 is 12.2 Å². The molecule has 0 spiro atoms. The van der Waals surface area contributed by atoms with Gasteiger partial charge in [0.05, 0.1) is 11.0 Å². The zero-order valence-electron chi connectivity index (χ0n) is 10.7. The summed E-state index contributed by atoms with van der Waals surface area (Å²) < 4.78 is 5.39. The van der Waals surface area contributed by atoms with Crippen molar-refractivity contribution in [2.75, 3.05) is 6.61 Å². The van der Waals surface area contributed by atoms with Crippen molar-refractivity contribution in [3.63, 3.8) is 0 Å². The fourth-order valence-corrected chi connectivity index (χ4v) is 3.17. The number of rotatable bonds is 4. The van der Waals surface area contributed by atoms with Crippen LogP contribution in [0.1, 0.15) is 44.9 Å². The van der Waals surface area contributed by atoms with E-state index in [9.17, 15) is 4.79 Å². The van der Waals surface area contributed by atoms with Gasteiger partial charge >= 0.3 is 0 Å². The summed E-state index contributed by atoms with van der Waals surface area (Å²) in [6, 6.07) is -0.156. The number of carbonyl (C=O) groups excluding carboxylic acids is 1. The van der Waals surface area contributed by atoms with E-state index in [1.54, 1.807) is 0 Å². The summed E-state index contributed by atoms with van der Waals surface area (Å²) >= 11 is 5.11. The summed E-state index contributed by atoms with van der Waals surface area (Å²) in [4.78, 5) is 12.5. The first-order chi connectivity index (χ1) is 8.68. The van der Waals surface area contributed by atoms with Gasteiger partial charge in [0.25, 0.3) is 0 Å². The predicted octanol–water partition coefficient (Wildman–Crippen LogP) is 1.52. The molecule has 0 aromatic heterocycles. The van der Waals surface area contributed by atoms with Crippen LogP contribution in [0.5, 0.6) is 0 Å². The number of nitrogens with two attached hydrogens (primary N) is 1. The van der Waals surface area contributed by atoms with Crippen molar-refractivity contribution in [3.05, 3.63) is 0 Å². The van der Waals surface area contributed by atoms with Gasteiger partial charge in [-0.3, -0.25) is 4.79 Å². The number of hydrogen-bond donors (Lipinski definition) is 2. The van der Waals surface area contributed by atoms with Gasteiger partial charge in [0, 0.05) is 6.61 Å². The van der Waals surface area contributed by atoms with E-state index >= 15 is 0 Å². The quantitative estimate of drug-likeness (QED) is 0.760. The predicted molar refractivity (Wildman–Crippen MR) is 74.3 cm³/mol. The van der Waals surface area contributed by atoms with Gasteiger partial charge in [-0.2, -0.15) is 0 Å². The summed E-state index contributed by atoms with van der Waals surface area (Å²) in [7, 11) is 0. The van der Waals surface area contributed by atoms with Crippen LogP contribution < -0.4 is 11.1 Å². The van der Waals surface area contributed by atoms with E-state index < -0.39 is 0 Å². The third-order valence-corrected chi connectivity index (χ3v) is 4.20. The third-order valence-electron chi connectivity index (χ3n) is 3.95. The Bertz CT molecular complexity index is 310. The highest BCUT2D eigenvalue weighted by molar-refractivity contribution is 7.80. The molecule has 2 aliphatic rings. The van der Waals surface area contributed by atoms with Crippen LogP contribution in [0, 0.1) is 5.92 Å². The second-order valence-electron chi connectivity index (χ2n) is 5.29. The second-order valence-corrected chi connectivity index (χ2v) is 5.76. The van der Waals surface area contributed by atoms with E-state index in [1.165, 1.54) is 19.3 Å². The van der Waals surface area contributed by atoms with Gasteiger partial charge in [-0.1, -0.05) is 31.5 Å². The maximum Gasteiger partial charge on any atom is 0.249 e. The molecule has 1 heterocycles. The topological polar surface area (TPSA) is 64.3 Å². The summed E-state index contributed by atoms with van der Waals surface area (Å²) in [5.41, 5.74) is 5.79. The van der Waals surface area contributed by atoms with Gasteiger partial charge < -0.3 is 15.8 Å². The van der Waals surface area contributed by atoms with Gasteiger partial charge in [0.1, 0.15) is 6.10 Å². The van der Waals surface area contributed by atoms with Crippen LogP contribution in [0.15, 0.2) is 0 Å². The number of amides is 1. The maximum absolute atomic E-state index is 12.1.